The van der Waals surface area contributed by atoms with Crippen LogP contribution in [0.15, 0.2) is 28.2 Å². The largest absolute Gasteiger partial charge is 0.334 e. The molecule has 0 saturated carbocycles. The average Bonchev–Trinajstić information content (AvgIpc) is 2.27. The van der Waals surface area contributed by atoms with Crippen LogP contribution in [-0.2, 0) is 0 Å². The number of aryl methyl sites for hydroxylation is 1. The van der Waals surface area contributed by atoms with Gasteiger partial charge >= 0.3 is 0 Å². The smallest absolute Gasteiger partial charge is 0.280 e. The van der Waals surface area contributed by atoms with Crippen LogP contribution in [0.3, 0.4) is 0 Å². The van der Waals surface area contributed by atoms with Gasteiger partial charge in [-0.1, -0.05) is 30.3 Å². The van der Waals surface area contributed by atoms with E-state index in [9.17, 15) is 4.79 Å². The Labute approximate surface area is 97.5 Å². The van der Waals surface area contributed by atoms with Gasteiger partial charge in [0.25, 0.3) is 5.56 Å². The van der Waals surface area contributed by atoms with Gasteiger partial charge in [0, 0.05) is 0 Å². The second kappa shape index (κ2) is 4.17. The van der Waals surface area contributed by atoms with E-state index in [2.05, 4.69) is 4.98 Å². The molecule has 16 heavy (non-hydrogen) atoms. The molecule has 2 aromatic rings. The molecule has 2 N–H and O–H groups in total. The number of thioether (sulfide) groups is 1. The third-order valence-corrected chi connectivity index (χ3v) is 3.13. The van der Waals surface area contributed by atoms with Crippen LogP contribution in [0, 0.1) is 6.92 Å². The van der Waals surface area contributed by atoms with Crippen molar-refractivity contribution in [2.75, 3.05) is 11.6 Å². The average molecular weight is 235 g/mol. The number of aromatic nitrogens is 2. The molecule has 0 spiro atoms. The number of hydrogen-bond acceptors (Lipinski definition) is 4. The Hall–Kier alpha value is -1.49. The van der Waals surface area contributed by atoms with Gasteiger partial charge in [0.2, 0.25) is 0 Å². The monoisotopic (exact) mass is 235 g/mol. The van der Waals surface area contributed by atoms with Crippen LogP contribution in [0.25, 0.3) is 10.9 Å². The quantitative estimate of drug-likeness (QED) is 0.487. The topological polar surface area (TPSA) is 60.9 Å². The van der Waals surface area contributed by atoms with Crippen LogP contribution in [0.4, 0.5) is 0 Å². The number of rotatable bonds is 2. The van der Waals surface area contributed by atoms with Gasteiger partial charge in [-0.05, 0) is 24.8 Å². The lowest BCUT2D eigenvalue weighted by molar-refractivity contribution is 0.780. The standard InChI is InChI=1S/C11H13N3OS/c1-3-16-11-13-9-5-4-7(2)6-8(9)10(15)14(11)12/h4-6H,3,12H2,1-2H3. The van der Waals surface area contributed by atoms with Gasteiger partial charge < -0.3 is 5.84 Å². The molecule has 0 saturated heterocycles. The number of nitrogen functional groups attached to an aromatic ring is 1. The van der Waals surface area contributed by atoms with Crippen LogP contribution in [0.1, 0.15) is 12.5 Å². The zero-order valence-corrected chi connectivity index (χ0v) is 10.0. The summed E-state index contributed by atoms with van der Waals surface area (Å²) in [6, 6.07) is 5.61. The Kier molecular flexibility index (Phi) is 2.87. The fourth-order valence-electron chi connectivity index (χ4n) is 1.52. The molecule has 0 unspecified atom stereocenters. The van der Waals surface area contributed by atoms with E-state index in [1.54, 1.807) is 0 Å². The highest BCUT2D eigenvalue weighted by Crippen LogP contribution is 2.16. The van der Waals surface area contributed by atoms with Crippen LogP contribution in [0.2, 0.25) is 0 Å². The second-order valence-electron chi connectivity index (χ2n) is 3.52. The summed E-state index contributed by atoms with van der Waals surface area (Å²) in [7, 11) is 0. The van der Waals surface area contributed by atoms with E-state index in [-0.39, 0.29) is 5.56 Å². The maximum absolute atomic E-state index is 12.0. The molecule has 0 radical (unpaired) electrons. The highest BCUT2D eigenvalue weighted by atomic mass is 32.2. The summed E-state index contributed by atoms with van der Waals surface area (Å²) in [6.45, 7) is 3.94. The maximum Gasteiger partial charge on any atom is 0.280 e. The van der Waals surface area contributed by atoms with Crippen LogP contribution in [0.5, 0.6) is 0 Å². The van der Waals surface area contributed by atoms with Crippen molar-refractivity contribution in [3.05, 3.63) is 34.1 Å². The molecule has 5 heteroatoms. The number of nitrogens with zero attached hydrogens (tertiary/aromatic N) is 2. The van der Waals surface area contributed by atoms with E-state index in [1.165, 1.54) is 11.8 Å². The van der Waals surface area contributed by atoms with Crippen molar-refractivity contribution in [2.45, 2.75) is 19.0 Å². The SMILES string of the molecule is CCSc1nc2ccc(C)cc2c(=O)n1N. The van der Waals surface area contributed by atoms with E-state index in [1.807, 2.05) is 32.0 Å². The molecule has 2 rings (SSSR count). The van der Waals surface area contributed by atoms with Gasteiger partial charge in [0.15, 0.2) is 5.16 Å². The Morgan fingerprint density at radius 1 is 1.50 bits per heavy atom. The van der Waals surface area contributed by atoms with Crippen molar-refractivity contribution < 1.29 is 0 Å². The Morgan fingerprint density at radius 2 is 2.25 bits per heavy atom. The first-order chi connectivity index (χ1) is 7.63. The minimum atomic E-state index is -0.190. The molecule has 1 aromatic heterocycles. The van der Waals surface area contributed by atoms with Crippen LogP contribution >= 0.6 is 11.8 Å². The van der Waals surface area contributed by atoms with Crippen molar-refractivity contribution in [3.63, 3.8) is 0 Å². The van der Waals surface area contributed by atoms with Gasteiger partial charge in [-0.3, -0.25) is 4.79 Å². The summed E-state index contributed by atoms with van der Waals surface area (Å²) < 4.78 is 1.12. The highest BCUT2D eigenvalue weighted by Gasteiger charge is 2.08. The molecule has 0 amide bonds. The minimum absolute atomic E-state index is 0.190. The first-order valence-corrected chi connectivity index (χ1v) is 6.03. The number of hydrogen-bond donors (Lipinski definition) is 1. The number of nitrogens with two attached hydrogens (primary N) is 1. The molecular formula is C11H13N3OS. The summed E-state index contributed by atoms with van der Waals surface area (Å²) in [5, 5.41) is 1.13. The van der Waals surface area contributed by atoms with E-state index in [0.717, 1.165) is 16.0 Å². The van der Waals surface area contributed by atoms with Gasteiger partial charge in [0.1, 0.15) is 0 Å². The molecule has 0 aliphatic rings. The summed E-state index contributed by atoms with van der Waals surface area (Å²) >= 11 is 1.46. The lowest BCUT2D eigenvalue weighted by Gasteiger charge is -2.07. The normalized spacial score (nSPS) is 10.9. The van der Waals surface area contributed by atoms with Crippen LogP contribution in [-0.4, -0.2) is 15.4 Å². The number of benzene rings is 1. The zero-order chi connectivity index (χ0) is 11.7. The highest BCUT2D eigenvalue weighted by molar-refractivity contribution is 7.99. The predicted molar refractivity (Wildman–Crippen MR) is 67.3 cm³/mol. The van der Waals surface area contributed by atoms with Crippen molar-refractivity contribution in [3.8, 4) is 0 Å². The lowest BCUT2D eigenvalue weighted by Crippen LogP contribution is -2.29. The fraction of sp³-hybridized carbons (Fsp3) is 0.273. The van der Waals surface area contributed by atoms with Crippen LogP contribution < -0.4 is 11.4 Å². The zero-order valence-electron chi connectivity index (χ0n) is 9.23. The molecule has 4 nitrogen and oxygen atoms in total. The fourth-order valence-corrected chi connectivity index (χ4v) is 2.17. The molecule has 0 aliphatic carbocycles. The molecule has 1 heterocycles. The van der Waals surface area contributed by atoms with Crippen molar-refractivity contribution in [1.29, 1.82) is 0 Å². The van der Waals surface area contributed by atoms with E-state index < -0.39 is 0 Å². The molecule has 0 fully saturated rings. The van der Waals surface area contributed by atoms with Gasteiger partial charge in [0.05, 0.1) is 10.9 Å². The summed E-state index contributed by atoms with van der Waals surface area (Å²) in [5.41, 5.74) is 1.54. The van der Waals surface area contributed by atoms with E-state index in [4.69, 9.17) is 5.84 Å². The maximum atomic E-state index is 12.0. The molecule has 0 bridgehead atoms. The molecule has 1 aromatic carbocycles. The first kappa shape index (κ1) is 11.0. The molecular weight excluding hydrogens is 222 g/mol. The van der Waals surface area contributed by atoms with Crippen molar-refractivity contribution >= 4 is 22.7 Å². The summed E-state index contributed by atoms with van der Waals surface area (Å²) in [4.78, 5) is 16.3. The van der Waals surface area contributed by atoms with E-state index >= 15 is 0 Å². The summed E-state index contributed by atoms with van der Waals surface area (Å²) in [5.74, 6) is 6.54. The molecule has 84 valence electrons. The molecule has 0 aliphatic heterocycles. The van der Waals surface area contributed by atoms with Gasteiger partial charge in [-0.2, -0.15) is 0 Å². The Morgan fingerprint density at radius 3 is 2.94 bits per heavy atom. The van der Waals surface area contributed by atoms with Crippen molar-refractivity contribution in [1.82, 2.24) is 9.66 Å². The van der Waals surface area contributed by atoms with Gasteiger partial charge in [-0.15, -0.1) is 0 Å². The first-order valence-electron chi connectivity index (χ1n) is 5.04. The Bertz CT molecular complexity index is 592. The van der Waals surface area contributed by atoms with Crippen molar-refractivity contribution in [2.24, 2.45) is 0 Å². The number of fused-ring (bicyclic) bond motifs is 1. The van der Waals surface area contributed by atoms with E-state index in [0.29, 0.717) is 16.1 Å². The Balaban J connectivity index is 2.78. The summed E-state index contributed by atoms with van der Waals surface area (Å²) in [6.07, 6.45) is 0. The lowest BCUT2D eigenvalue weighted by atomic mass is 10.2. The van der Waals surface area contributed by atoms with Gasteiger partial charge in [-0.25, -0.2) is 9.66 Å². The third kappa shape index (κ3) is 1.78. The predicted octanol–water partition coefficient (Wildman–Crippen LogP) is 1.53. The third-order valence-electron chi connectivity index (χ3n) is 2.30. The molecule has 0 atom stereocenters. The minimum Gasteiger partial charge on any atom is -0.334 e. The second-order valence-corrected chi connectivity index (χ2v) is 4.75.